The molecule has 0 radical (unpaired) electrons. The van der Waals surface area contributed by atoms with E-state index in [1.165, 1.54) is 12.5 Å². The number of halogens is 1. The monoisotopic (exact) mass is 381 g/mol. The van der Waals surface area contributed by atoms with Crippen LogP contribution in [0.5, 0.6) is 0 Å². The summed E-state index contributed by atoms with van der Waals surface area (Å²) in [5, 5.41) is 9.91. The Morgan fingerprint density at radius 3 is 2.59 bits per heavy atom. The number of rotatable bonds is 7. The molecular weight excluding hydrogens is 362 g/mol. The number of aromatic nitrogens is 2. The second kappa shape index (κ2) is 9.00. The zero-order chi connectivity index (χ0) is 19.1. The standard InChI is InChI=1S/C20H20ClN5O/c1-14(27)24-17-5-7-18(8-6-17)25-20-23-12-10-19(26-20)22-11-9-15-3-2-4-16(21)13-15/h2-8,10,12-13H,9,11H2,1H3,(H,24,27)(H2,22,23,25,26). The van der Waals surface area contributed by atoms with E-state index >= 15 is 0 Å². The molecule has 0 saturated heterocycles. The molecule has 0 saturated carbocycles. The Hall–Kier alpha value is -3.12. The fraction of sp³-hybridized carbons (Fsp3) is 0.150. The number of carbonyl (C=O) groups is 1. The van der Waals surface area contributed by atoms with E-state index in [4.69, 9.17) is 11.6 Å². The molecule has 6 nitrogen and oxygen atoms in total. The number of hydrogen-bond acceptors (Lipinski definition) is 5. The molecule has 0 fully saturated rings. The smallest absolute Gasteiger partial charge is 0.229 e. The molecule has 0 spiro atoms. The lowest BCUT2D eigenvalue weighted by atomic mass is 10.1. The van der Waals surface area contributed by atoms with Crippen molar-refractivity contribution in [3.63, 3.8) is 0 Å². The molecule has 0 bridgehead atoms. The summed E-state index contributed by atoms with van der Waals surface area (Å²) in [6, 6.07) is 17.0. The fourth-order valence-corrected chi connectivity index (χ4v) is 2.73. The molecule has 0 aliphatic rings. The van der Waals surface area contributed by atoms with E-state index in [-0.39, 0.29) is 5.91 Å². The SMILES string of the molecule is CC(=O)Nc1ccc(Nc2nccc(NCCc3cccc(Cl)c3)n2)cc1. The maximum Gasteiger partial charge on any atom is 0.229 e. The van der Waals surface area contributed by atoms with Gasteiger partial charge >= 0.3 is 0 Å². The number of anilines is 4. The van der Waals surface area contributed by atoms with Crippen molar-refractivity contribution in [1.29, 1.82) is 0 Å². The summed E-state index contributed by atoms with van der Waals surface area (Å²) >= 11 is 6.00. The van der Waals surface area contributed by atoms with Gasteiger partial charge in [-0.05, 0) is 54.4 Å². The molecule has 0 aliphatic carbocycles. The van der Waals surface area contributed by atoms with Crippen LogP contribution in [0, 0.1) is 0 Å². The molecule has 27 heavy (non-hydrogen) atoms. The zero-order valence-electron chi connectivity index (χ0n) is 14.9. The zero-order valence-corrected chi connectivity index (χ0v) is 15.6. The summed E-state index contributed by atoms with van der Waals surface area (Å²) in [7, 11) is 0. The van der Waals surface area contributed by atoms with Crippen LogP contribution < -0.4 is 16.0 Å². The molecule has 1 aromatic heterocycles. The highest BCUT2D eigenvalue weighted by molar-refractivity contribution is 6.30. The van der Waals surface area contributed by atoms with E-state index in [9.17, 15) is 4.79 Å². The average Bonchev–Trinajstić information content (AvgIpc) is 2.63. The molecule has 0 atom stereocenters. The van der Waals surface area contributed by atoms with Crippen LogP contribution in [-0.4, -0.2) is 22.4 Å². The van der Waals surface area contributed by atoms with Gasteiger partial charge in [0.15, 0.2) is 0 Å². The van der Waals surface area contributed by atoms with Crippen LogP contribution in [0.25, 0.3) is 0 Å². The molecule has 2 aromatic carbocycles. The fourth-order valence-electron chi connectivity index (χ4n) is 2.51. The average molecular weight is 382 g/mol. The summed E-state index contributed by atoms with van der Waals surface area (Å²) in [6.07, 6.45) is 2.54. The molecule has 1 heterocycles. The van der Waals surface area contributed by atoms with Gasteiger partial charge < -0.3 is 16.0 Å². The lowest BCUT2D eigenvalue weighted by Crippen LogP contribution is -2.08. The topological polar surface area (TPSA) is 78.9 Å². The van der Waals surface area contributed by atoms with Crippen LogP contribution in [-0.2, 0) is 11.2 Å². The number of benzene rings is 2. The Kier molecular flexibility index (Phi) is 6.22. The lowest BCUT2D eigenvalue weighted by molar-refractivity contribution is -0.114. The molecule has 7 heteroatoms. The number of nitrogens with zero attached hydrogens (tertiary/aromatic N) is 2. The third-order valence-electron chi connectivity index (χ3n) is 3.73. The van der Waals surface area contributed by atoms with E-state index in [0.717, 1.165) is 35.2 Å². The van der Waals surface area contributed by atoms with Crippen LogP contribution in [0.2, 0.25) is 5.02 Å². The van der Waals surface area contributed by atoms with Gasteiger partial charge in [-0.25, -0.2) is 4.98 Å². The largest absolute Gasteiger partial charge is 0.370 e. The van der Waals surface area contributed by atoms with E-state index in [1.807, 2.05) is 54.6 Å². The van der Waals surface area contributed by atoms with Gasteiger partial charge in [-0.3, -0.25) is 4.79 Å². The number of carbonyl (C=O) groups excluding carboxylic acids is 1. The van der Waals surface area contributed by atoms with Gasteiger partial charge in [0.25, 0.3) is 0 Å². The highest BCUT2D eigenvalue weighted by atomic mass is 35.5. The van der Waals surface area contributed by atoms with Gasteiger partial charge in [0.2, 0.25) is 11.9 Å². The Labute approximate surface area is 163 Å². The van der Waals surface area contributed by atoms with Gasteiger partial charge in [0.1, 0.15) is 5.82 Å². The van der Waals surface area contributed by atoms with Crippen molar-refractivity contribution in [1.82, 2.24) is 9.97 Å². The summed E-state index contributed by atoms with van der Waals surface area (Å²) in [4.78, 5) is 19.8. The van der Waals surface area contributed by atoms with Crippen LogP contribution in [0.3, 0.4) is 0 Å². The maximum atomic E-state index is 11.1. The van der Waals surface area contributed by atoms with Crippen molar-refractivity contribution in [3.05, 3.63) is 71.4 Å². The molecule has 1 amide bonds. The van der Waals surface area contributed by atoms with Gasteiger partial charge in [-0.2, -0.15) is 4.98 Å². The van der Waals surface area contributed by atoms with Gasteiger partial charge in [-0.15, -0.1) is 0 Å². The Morgan fingerprint density at radius 2 is 1.85 bits per heavy atom. The van der Waals surface area contributed by atoms with Crippen LogP contribution >= 0.6 is 11.6 Å². The summed E-state index contributed by atoms with van der Waals surface area (Å²) in [5.74, 6) is 1.13. The second-order valence-corrected chi connectivity index (χ2v) is 6.39. The molecule has 0 unspecified atom stereocenters. The Morgan fingerprint density at radius 1 is 1.07 bits per heavy atom. The Balaban J connectivity index is 1.56. The van der Waals surface area contributed by atoms with E-state index in [2.05, 4.69) is 25.9 Å². The highest BCUT2D eigenvalue weighted by Crippen LogP contribution is 2.17. The van der Waals surface area contributed by atoms with Crippen molar-refractivity contribution in [2.45, 2.75) is 13.3 Å². The van der Waals surface area contributed by atoms with Crippen molar-refractivity contribution in [3.8, 4) is 0 Å². The van der Waals surface area contributed by atoms with E-state index in [1.54, 1.807) is 6.20 Å². The minimum atomic E-state index is -0.101. The van der Waals surface area contributed by atoms with Crippen molar-refractivity contribution < 1.29 is 4.79 Å². The third-order valence-corrected chi connectivity index (χ3v) is 3.96. The first-order valence-corrected chi connectivity index (χ1v) is 8.92. The molecule has 0 aliphatic heterocycles. The van der Waals surface area contributed by atoms with E-state index in [0.29, 0.717) is 5.95 Å². The lowest BCUT2D eigenvalue weighted by Gasteiger charge is -2.09. The first kappa shape index (κ1) is 18.7. The van der Waals surface area contributed by atoms with E-state index < -0.39 is 0 Å². The number of nitrogens with one attached hydrogen (secondary N) is 3. The summed E-state index contributed by atoms with van der Waals surface area (Å²) < 4.78 is 0. The predicted molar refractivity (Wildman–Crippen MR) is 110 cm³/mol. The minimum absolute atomic E-state index is 0.101. The molecule has 3 N–H and O–H groups in total. The van der Waals surface area contributed by atoms with Crippen LogP contribution in [0.1, 0.15) is 12.5 Å². The van der Waals surface area contributed by atoms with Gasteiger partial charge in [-0.1, -0.05) is 23.7 Å². The minimum Gasteiger partial charge on any atom is -0.370 e. The summed E-state index contributed by atoms with van der Waals surface area (Å²) in [6.45, 7) is 2.22. The van der Waals surface area contributed by atoms with Crippen molar-refractivity contribution in [2.75, 3.05) is 22.5 Å². The maximum absolute atomic E-state index is 11.1. The van der Waals surface area contributed by atoms with Gasteiger partial charge in [0.05, 0.1) is 0 Å². The normalized spacial score (nSPS) is 10.3. The number of amides is 1. The quantitative estimate of drug-likeness (QED) is 0.562. The van der Waals surface area contributed by atoms with Gasteiger partial charge in [0, 0.05) is 36.1 Å². The van der Waals surface area contributed by atoms with Crippen LogP contribution in [0.4, 0.5) is 23.1 Å². The summed E-state index contributed by atoms with van der Waals surface area (Å²) in [5.41, 5.74) is 2.74. The highest BCUT2D eigenvalue weighted by Gasteiger charge is 2.02. The Bertz CT molecular complexity index is 914. The molecule has 3 rings (SSSR count). The molecule has 138 valence electrons. The molecule has 3 aromatic rings. The van der Waals surface area contributed by atoms with Crippen molar-refractivity contribution >= 4 is 40.6 Å². The van der Waals surface area contributed by atoms with Crippen molar-refractivity contribution in [2.24, 2.45) is 0 Å². The number of hydrogen-bond donors (Lipinski definition) is 3. The molecular formula is C20H20ClN5O. The first-order valence-electron chi connectivity index (χ1n) is 8.54. The first-order chi connectivity index (χ1) is 13.1. The predicted octanol–water partition coefficient (Wildman–Crippen LogP) is 4.49. The second-order valence-electron chi connectivity index (χ2n) is 5.96. The van der Waals surface area contributed by atoms with Crippen LogP contribution in [0.15, 0.2) is 60.8 Å². The third kappa shape index (κ3) is 5.97.